The van der Waals surface area contributed by atoms with Gasteiger partial charge in [-0.15, -0.1) is 0 Å². The van der Waals surface area contributed by atoms with Crippen LogP contribution in [-0.4, -0.2) is 49.9 Å². The van der Waals surface area contributed by atoms with E-state index >= 15 is 0 Å². The van der Waals surface area contributed by atoms with E-state index in [1.807, 2.05) is 12.1 Å². The van der Waals surface area contributed by atoms with E-state index in [9.17, 15) is 24.3 Å². The number of rotatable bonds is 7. The largest absolute Gasteiger partial charge is 0.480 e. The summed E-state index contributed by atoms with van der Waals surface area (Å²) in [5.74, 6) is 3.04. The normalized spacial score (nSPS) is 13.4. The number of nitrogens with zero attached hydrogens (tertiary/aromatic N) is 1. The summed E-state index contributed by atoms with van der Waals surface area (Å²) in [5.41, 5.74) is 4.13. The number of hydroxylamine groups is 1. The van der Waals surface area contributed by atoms with Gasteiger partial charge >= 0.3 is 5.97 Å². The van der Waals surface area contributed by atoms with Crippen LogP contribution in [0.15, 0.2) is 48.7 Å². The minimum Gasteiger partial charge on any atom is -0.480 e. The Kier molecular flexibility index (Phi) is 6.43. The van der Waals surface area contributed by atoms with E-state index in [1.54, 1.807) is 29.9 Å². The first-order valence-electron chi connectivity index (χ1n) is 10.6. The molecule has 2 aromatic carbocycles. The number of H-pyrrole nitrogens is 1. The number of nitrogens with one attached hydrogen (secondary N) is 2. The van der Waals surface area contributed by atoms with Crippen molar-refractivity contribution in [3.05, 3.63) is 70.9 Å². The Hall–Kier alpha value is -4.42. The highest BCUT2D eigenvalue weighted by Crippen LogP contribution is 2.28. The molecule has 172 valence electrons. The van der Waals surface area contributed by atoms with E-state index in [1.165, 1.54) is 12.1 Å². The Morgan fingerprint density at radius 2 is 1.79 bits per heavy atom. The Morgan fingerprint density at radius 1 is 1.09 bits per heavy atom. The van der Waals surface area contributed by atoms with Gasteiger partial charge < -0.3 is 10.1 Å². The number of hydrogen-bond acceptors (Lipinski definition) is 5. The monoisotopic (exact) mass is 459 g/mol. The number of carbonyl (C=O) groups excluding carboxylic acids is 3. The molecule has 4 rings (SSSR count). The quantitative estimate of drug-likeness (QED) is 0.141. The van der Waals surface area contributed by atoms with Crippen LogP contribution in [0, 0.1) is 11.8 Å². The molecule has 1 aliphatic rings. The predicted octanol–water partition coefficient (Wildman–Crippen LogP) is 2.49. The zero-order chi connectivity index (χ0) is 24.2. The molecule has 0 spiro atoms. The first-order valence-corrected chi connectivity index (χ1v) is 10.6. The molecule has 9 nitrogen and oxygen atoms in total. The summed E-state index contributed by atoms with van der Waals surface area (Å²) in [5, 5.41) is 19.1. The lowest BCUT2D eigenvalue weighted by Crippen LogP contribution is -2.46. The fourth-order valence-electron chi connectivity index (χ4n) is 3.98. The Labute approximate surface area is 194 Å². The topological polar surface area (TPSA) is 140 Å². The van der Waals surface area contributed by atoms with E-state index in [2.05, 4.69) is 16.8 Å². The predicted molar refractivity (Wildman–Crippen MR) is 121 cm³/mol. The Morgan fingerprint density at radius 3 is 2.44 bits per heavy atom. The van der Waals surface area contributed by atoms with Crippen molar-refractivity contribution in [3.8, 4) is 11.8 Å². The van der Waals surface area contributed by atoms with Gasteiger partial charge in [0.15, 0.2) is 0 Å². The molecule has 4 N–H and O–H groups in total. The molecule has 0 aliphatic carbocycles. The molecule has 2 heterocycles. The first kappa shape index (κ1) is 22.8. The van der Waals surface area contributed by atoms with E-state index < -0.39 is 29.7 Å². The highest BCUT2D eigenvalue weighted by molar-refractivity contribution is 6.22. The fourth-order valence-corrected chi connectivity index (χ4v) is 3.98. The maximum Gasteiger partial charge on any atom is 0.327 e. The number of fused-ring (bicyclic) bond motifs is 2. The molecule has 0 fully saturated rings. The number of hydrogen-bond donors (Lipinski definition) is 4. The second-order valence-corrected chi connectivity index (χ2v) is 7.85. The SMILES string of the molecule is O=C(CCCC#Cc1ccc2c(CC(C(=O)O)N3C(=O)c4ccccc4C3=O)c[nH]c2c1)NO. The number of unbranched alkanes of at least 4 members (excludes halogenated alkanes) is 1. The van der Waals surface area contributed by atoms with Gasteiger partial charge in [-0.1, -0.05) is 30.0 Å². The second-order valence-electron chi connectivity index (χ2n) is 7.85. The lowest BCUT2D eigenvalue weighted by Gasteiger charge is -2.22. The van der Waals surface area contributed by atoms with Crippen LogP contribution in [-0.2, 0) is 16.0 Å². The summed E-state index contributed by atoms with van der Waals surface area (Å²) in [7, 11) is 0. The molecule has 0 saturated heterocycles. The Bertz CT molecular complexity index is 1330. The van der Waals surface area contributed by atoms with Crippen LogP contribution in [0.5, 0.6) is 0 Å². The maximum atomic E-state index is 12.8. The molecular formula is C25H21N3O6. The van der Waals surface area contributed by atoms with Crippen molar-refractivity contribution in [2.75, 3.05) is 0 Å². The highest BCUT2D eigenvalue weighted by Gasteiger charge is 2.42. The third kappa shape index (κ3) is 4.40. The van der Waals surface area contributed by atoms with Gasteiger partial charge in [-0.3, -0.25) is 24.5 Å². The number of aromatic nitrogens is 1. The van der Waals surface area contributed by atoms with Gasteiger partial charge in [0, 0.05) is 41.9 Å². The highest BCUT2D eigenvalue weighted by atomic mass is 16.5. The number of imide groups is 1. The second kappa shape index (κ2) is 9.60. The summed E-state index contributed by atoms with van der Waals surface area (Å²) in [4.78, 5) is 52.5. The van der Waals surface area contributed by atoms with Crippen molar-refractivity contribution in [1.29, 1.82) is 0 Å². The third-order valence-electron chi connectivity index (χ3n) is 5.67. The molecule has 3 aromatic rings. The number of carboxylic acid groups (broad SMARTS) is 1. The van der Waals surface area contributed by atoms with Crippen molar-refractivity contribution >= 4 is 34.6 Å². The van der Waals surface area contributed by atoms with Crippen molar-refractivity contribution in [1.82, 2.24) is 15.4 Å². The van der Waals surface area contributed by atoms with Crippen molar-refractivity contribution in [2.24, 2.45) is 0 Å². The third-order valence-corrected chi connectivity index (χ3v) is 5.67. The van der Waals surface area contributed by atoms with Gasteiger partial charge in [0.1, 0.15) is 6.04 Å². The van der Waals surface area contributed by atoms with Crippen LogP contribution in [0.4, 0.5) is 0 Å². The summed E-state index contributed by atoms with van der Waals surface area (Å²) < 4.78 is 0. The van der Waals surface area contributed by atoms with Gasteiger partial charge in [-0.25, -0.2) is 10.3 Å². The summed E-state index contributed by atoms with van der Waals surface area (Å²) >= 11 is 0. The van der Waals surface area contributed by atoms with Crippen LogP contribution < -0.4 is 5.48 Å². The molecule has 34 heavy (non-hydrogen) atoms. The van der Waals surface area contributed by atoms with Gasteiger partial charge in [-0.2, -0.15) is 0 Å². The molecule has 0 radical (unpaired) electrons. The number of aliphatic carboxylic acids is 1. The van der Waals surface area contributed by atoms with Crippen molar-refractivity contribution < 1.29 is 29.5 Å². The van der Waals surface area contributed by atoms with Gasteiger partial charge in [0.25, 0.3) is 11.8 Å². The minimum atomic E-state index is -1.35. The summed E-state index contributed by atoms with van der Waals surface area (Å²) in [6.07, 6.45) is 2.81. The lowest BCUT2D eigenvalue weighted by molar-refractivity contribution is -0.141. The van der Waals surface area contributed by atoms with Gasteiger partial charge in [0.05, 0.1) is 11.1 Å². The minimum absolute atomic E-state index is 0.0429. The number of carbonyl (C=O) groups is 4. The standard InChI is InChI=1S/C25H21N3O6/c29-22(27-34)9-3-1-2-6-15-10-11-17-16(14-26-20(17)12-15)13-21(25(32)33)28-23(30)18-7-4-5-8-19(18)24(28)31/h4-5,7-8,10-12,14,21,26,34H,1,3,9,13H2,(H,27,29)(H,32,33). The average molecular weight is 459 g/mol. The number of carboxylic acids is 1. The van der Waals surface area contributed by atoms with Crippen LogP contribution in [0.3, 0.4) is 0 Å². The molecule has 1 unspecified atom stereocenters. The number of benzene rings is 2. The molecule has 1 aromatic heterocycles. The van der Waals surface area contributed by atoms with Crippen LogP contribution in [0.1, 0.15) is 51.1 Å². The van der Waals surface area contributed by atoms with Crippen LogP contribution >= 0.6 is 0 Å². The van der Waals surface area contributed by atoms with E-state index in [0.29, 0.717) is 18.4 Å². The van der Waals surface area contributed by atoms with Crippen molar-refractivity contribution in [2.45, 2.75) is 31.7 Å². The van der Waals surface area contributed by atoms with E-state index in [-0.39, 0.29) is 24.0 Å². The van der Waals surface area contributed by atoms with Gasteiger partial charge in [0.2, 0.25) is 5.91 Å². The fraction of sp³-hybridized carbons (Fsp3) is 0.200. The van der Waals surface area contributed by atoms with E-state index in [0.717, 1.165) is 21.4 Å². The van der Waals surface area contributed by atoms with Crippen molar-refractivity contribution in [3.63, 3.8) is 0 Å². The lowest BCUT2D eigenvalue weighted by atomic mass is 10.0. The Balaban J connectivity index is 1.51. The molecule has 0 saturated carbocycles. The van der Waals surface area contributed by atoms with Crippen LogP contribution in [0.25, 0.3) is 10.9 Å². The van der Waals surface area contributed by atoms with Crippen LogP contribution in [0.2, 0.25) is 0 Å². The molecular weight excluding hydrogens is 438 g/mol. The summed E-state index contributed by atoms with van der Waals surface area (Å²) in [6.45, 7) is 0. The van der Waals surface area contributed by atoms with Gasteiger partial charge in [-0.05, 0) is 36.2 Å². The molecule has 0 bridgehead atoms. The molecule has 1 atom stereocenters. The molecule has 9 heteroatoms. The maximum absolute atomic E-state index is 12.8. The number of amides is 3. The molecule has 1 aliphatic heterocycles. The zero-order valence-electron chi connectivity index (χ0n) is 18.0. The number of aromatic amines is 1. The first-order chi connectivity index (χ1) is 16.4. The zero-order valence-corrected chi connectivity index (χ0v) is 18.0. The average Bonchev–Trinajstić information content (AvgIpc) is 3.35. The smallest absolute Gasteiger partial charge is 0.327 e. The van der Waals surface area contributed by atoms with E-state index in [4.69, 9.17) is 5.21 Å². The molecule has 3 amide bonds. The summed E-state index contributed by atoms with van der Waals surface area (Å²) in [6, 6.07) is 10.4.